The van der Waals surface area contributed by atoms with Crippen LogP contribution in [0.15, 0.2) is 28.7 Å². The van der Waals surface area contributed by atoms with E-state index < -0.39 is 0 Å². The summed E-state index contributed by atoms with van der Waals surface area (Å²) >= 11 is 3.44. The van der Waals surface area contributed by atoms with Crippen LogP contribution in [0.3, 0.4) is 0 Å². The van der Waals surface area contributed by atoms with Crippen LogP contribution in [-0.4, -0.2) is 29.9 Å². The number of benzene rings is 1. The lowest BCUT2D eigenvalue weighted by Crippen LogP contribution is -2.37. The number of hydrogen-bond acceptors (Lipinski definition) is 2. The first-order chi connectivity index (χ1) is 8.70. The van der Waals surface area contributed by atoms with Gasteiger partial charge in [0.15, 0.2) is 0 Å². The summed E-state index contributed by atoms with van der Waals surface area (Å²) in [6.07, 6.45) is 3.63. The standard InChI is InChI=1S/C14H19BrN2O/c15-12-5-3-11(4-6-12)10-13-2-1-9-17(13)14(18)7-8-16/h3-6,13H,1-2,7-10,16H2. The number of carbonyl (C=O) groups excluding carboxylic acids is 1. The number of nitrogens with zero attached hydrogens (tertiary/aromatic N) is 1. The van der Waals surface area contributed by atoms with Crippen molar-refractivity contribution in [1.29, 1.82) is 0 Å². The third-order valence-electron chi connectivity index (χ3n) is 3.44. The van der Waals surface area contributed by atoms with E-state index >= 15 is 0 Å². The average Bonchev–Trinajstić information content (AvgIpc) is 2.81. The molecule has 1 aromatic carbocycles. The average molecular weight is 311 g/mol. The number of amides is 1. The first-order valence-electron chi connectivity index (χ1n) is 6.44. The molecule has 98 valence electrons. The van der Waals surface area contributed by atoms with Crippen LogP contribution >= 0.6 is 15.9 Å². The minimum Gasteiger partial charge on any atom is -0.339 e. The van der Waals surface area contributed by atoms with Crippen LogP contribution in [0.25, 0.3) is 0 Å². The molecule has 1 amide bonds. The maximum atomic E-state index is 11.9. The summed E-state index contributed by atoms with van der Waals surface area (Å²) < 4.78 is 1.09. The lowest BCUT2D eigenvalue weighted by atomic mass is 10.0. The Balaban J connectivity index is 1.99. The van der Waals surface area contributed by atoms with Gasteiger partial charge in [-0.2, -0.15) is 0 Å². The molecule has 1 atom stereocenters. The van der Waals surface area contributed by atoms with Crippen molar-refractivity contribution in [3.05, 3.63) is 34.3 Å². The fourth-order valence-corrected chi connectivity index (χ4v) is 2.80. The number of rotatable bonds is 4. The molecule has 0 bridgehead atoms. The van der Waals surface area contributed by atoms with Gasteiger partial charge >= 0.3 is 0 Å². The number of nitrogens with two attached hydrogens (primary N) is 1. The van der Waals surface area contributed by atoms with Crippen LogP contribution in [0, 0.1) is 0 Å². The second-order valence-electron chi connectivity index (χ2n) is 4.75. The molecule has 1 aliphatic rings. The van der Waals surface area contributed by atoms with E-state index in [2.05, 4.69) is 40.2 Å². The third kappa shape index (κ3) is 3.33. The van der Waals surface area contributed by atoms with Gasteiger partial charge < -0.3 is 10.6 Å². The van der Waals surface area contributed by atoms with E-state index in [0.29, 0.717) is 19.0 Å². The van der Waals surface area contributed by atoms with Gasteiger partial charge in [0.05, 0.1) is 0 Å². The van der Waals surface area contributed by atoms with Gasteiger partial charge in [-0.15, -0.1) is 0 Å². The Morgan fingerprint density at radius 3 is 2.78 bits per heavy atom. The van der Waals surface area contributed by atoms with Gasteiger partial charge in [0.1, 0.15) is 0 Å². The van der Waals surface area contributed by atoms with Crippen molar-refractivity contribution in [2.45, 2.75) is 31.7 Å². The molecule has 1 aromatic rings. The van der Waals surface area contributed by atoms with Gasteiger partial charge in [-0.3, -0.25) is 4.79 Å². The highest BCUT2D eigenvalue weighted by atomic mass is 79.9. The van der Waals surface area contributed by atoms with Gasteiger partial charge in [0.2, 0.25) is 5.91 Å². The van der Waals surface area contributed by atoms with Gasteiger partial charge in [0, 0.05) is 30.0 Å². The molecule has 0 spiro atoms. The predicted molar refractivity (Wildman–Crippen MR) is 76.3 cm³/mol. The molecule has 2 N–H and O–H groups in total. The van der Waals surface area contributed by atoms with Crippen LogP contribution < -0.4 is 5.73 Å². The van der Waals surface area contributed by atoms with Crippen molar-refractivity contribution in [2.75, 3.05) is 13.1 Å². The number of likely N-dealkylation sites (tertiary alicyclic amines) is 1. The fourth-order valence-electron chi connectivity index (χ4n) is 2.54. The molecule has 0 radical (unpaired) electrons. The summed E-state index contributed by atoms with van der Waals surface area (Å²) in [4.78, 5) is 13.9. The Bertz CT molecular complexity index is 405. The number of halogens is 1. The molecular weight excluding hydrogens is 292 g/mol. The van der Waals surface area contributed by atoms with E-state index in [1.165, 1.54) is 5.56 Å². The summed E-state index contributed by atoms with van der Waals surface area (Å²) in [5, 5.41) is 0. The molecule has 1 fully saturated rings. The molecule has 1 aliphatic heterocycles. The first-order valence-corrected chi connectivity index (χ1v) is 7.24. The Morgan fingerprint density at radius 2 is 2.11 bits per heavy atom. The zero-order valence-corrected chi connectivity index (χ0v) is 12.0. The van der Waals surface area contributed by atoms with Crippen LogP contribution in [0.4, 0.5) is 0 Å². The van der Waals surface area contributed by atoms with Crippen molar-refractivity contribution in [2.24, 2.45) is 5.73 Å². The van der Waals surface area contributed by atoms with E-state index in [9.17, 15) is 4.79 Å². The quantitative estimate of drug-likeness (QED) is 0.928. The Labute approximate surface area is 116 Å². The summed E-state index contributed by atoms with van der Waals surface area (Å²) in [5.41, 5.74) is 6.75. The summed E-state index contributed by atoms with van der Waals surface area (Å²) in [6.45, 7) is 1.33. The first kappa shape index (κ1) is 13.6. The molecule has 4 heteroatoms. The monoisotopic (exact) mass is 310 g/mol. The van der Waals surface area contributed by atoms with Crippen molar-refractivity contribution in [3.63, 3.8) is 0 Å². The second kappa shape index (κ2) is 6.34. The SMILES string of the molecule is NCCC(=O)N1CCCC1Cc1ccc(Br)cc1. The second-order valence-corrected chi connectivity index (χ2v) is 5.67. The van der Waals surface area contributed by atoms with Crippen LogP contribution in [0.5, 0.6) is 0 Å². The Kier molecular flexibility index (Phi) is 4.78. The molecule has 0 aromatic heterocycles. The molecule has 2 rings (SSSR count). The zero-order valence-electron chi connectivity index (χ0n) is 10.4. The lowest BCUT2D eigenvalue weighted by molar-refractivity contribution is -0.131. The number of carbonyl (C=O) groups is 1. The molecule has 1 heterocycles. The minimum absolute atomic E-state index is 0.206. The molecule has 0 aliphatic carbocycles. The molecule has 18 heavy (non-hydrogen) atoms. The highest BCUT2D eigenvalue weighted by Crippen LogP contribution is 2.22. The van der Waals surface area contributed by atoms with E-state index in [4.69, 9.17) is 5.73 Å². The largest absolute Gasteiger partial charge is 0.339 e. The van der Waals surface area contributed by atoms with E-state index in [1.807, 2.05) is 4.90 Å². The predicted octanol–water partition coefficient (Wildman–Crippen LogP) is 2.33. The molecule has 0 saturated carbocycles. The summed E-state index contributed by atoms with van der Waals surface area (Å²) in [7, 11) is 0. The van der Waals surface area contributed by atoms with E-state index in [-0.39, 0.29) is 5.91 Å². The lowest BCUT2D eigenvalue weighted by Gasteiger charge is -2.24. The van der Waals surface area contributed by atoms with Crippen LogP contribution in [0.2, 0.25) is 0 Å². The van der Waals surface area contributed by atoms with E-state index in [1.54, 1.807) is 0 Å². The van der Waals surface area contributed by atoms with Crippen molar-refractivity contribution >= 4 is 21.8 Å². The molecule has 3 nitrogen and oxygen atoms in total. The third-order valence-corrected chi connectivity index (χ3v) is 3.97. The zero-order chi connectivity index (χ0) is 13.0. The number of hydrogen-bond donors (Lipinski definition) is 1. The van der Waals surface area contributed by atoms with Crippen LogP contribution in [-0.2, 0) is 11.2 Å². The normalized spacial score (nSPS) is 19.2. The van der Waals surface area contributed by atoms with Gasteiger partial charge in [-0.05, 0) is 37.0 Å². The van der Waals surface area contributed by atoms with Crippen molar-refractivity contribution < 1.29 is 4.79 Å². The maximum absolute atomic E-state index is 11.9. The highest BCUT2D eigenvalue weighted by molar-refractivity contribution is 9.10. The minimum atomic E-state index is 0.206. The van der Waals surface area contributed by atoms with Crippen molar-refractivity contribution in [3.8, 4) is 0 Å². The maximum Gasteiger partial charge on any atom is 0.224 e. The smallest absolute Gasteiger partial charge is 0.224 e. The molecule has 1 saturated heterocycles. The van der Waals surface area contributed by atoms with Gasteiger partial charge in [0.25, 0.3) is 0 Å². The van der Waals surface area contributed by atoms with E-state index in [0.717, 1.165) is 30.3 Å². The summed E-state index contributed by atoms with van der Waals surface area (Å²) in [5.74, 6) is 0.206. The summed E-state index contributed by atoms with van der Waals surface area (Å²) in [6, 6.07) is 8.69. The fraction of sp³-hybridized carbons (Fsp3) is 0.500. The topological polar surface area (TPSA) is 46.3 Å². The van der Waals surface area contributed by atoms with Crippen LogP contribution in [0.1, 0.15) is 24.8 Å². The molecular formula is C14H19BrN2O. The van der Waals surface area contributed by atoms with Crippen molar-refractivity contribution in [1.82, 2.24) is 4.90 Å². The van der Waals surface area contributed by atoms with Gasteiger partial charge in [-0.1, -0.05) is 28.1 Å². The molecule has 1 unspecified atom stereocenters. The Hall–Kier alpha value is -0.870. The van der Waals surface area contributed by atoms with Gasteiger partial charge in [-0.25, -0.2) is 0 Å². The Morgan fingerprint density at radius 1 is 1.39 bits per heavy atom. The highest BCUT2D eigenvalue weighted by Gasteiger charge is 2.27.